The summed E-state index contributed by atoms with van der Waals surface area (Å²) in [6.07, 6.45) is 0.808. The third-order valence-corrected chi connectivity index (χ3v) is 6.48. The molecule has 0 saturated heterocycles. The van der Waals surface area contributed by atoms with Crippen molar-refractivity contribution < 1.29 is 23.1 Å². The Morgan fingerprint density at radius 3 is 2.72 bits per heavy atom. The van der Waals surface area contributed by atoms with Crippen molar-refractivity contribution in [1.82, 2.24) is 5.32 Å². The Balaban J connectivity index is 1.87. The van der Waals surface area contributed by atoms with Crippen LogP contribution >= 0.6 is 11.3 Å². The molecule has 0 fully saturated rings. The van der Waals surface area contributed by atoms with E-state index in [0.29, 0.717) is 23.4 Å². The van der Waals surface area contributed by atoms with Gasteiger partial charge in [0, 0.05) is 39.7 Å². The maximum absolute atomic E-state index is 14.7. The van der Waals surface area contributed by atoms with Crippen molar-refractivity contribution >= 4 is 23.1 Å². The number of allylic oxidation sites excluding steroid dienone is 3. The number of Topliss-reactive ketones (excluding diaryl/α,β-unsaturated/α-hetero) is 1. The number of hydrogen-bond acceptors (Lipinski definition) is 5. The van der Waals surface area contributed by atoms with Gasteiger partial charge in [-0.25, -0.2) is 13.6 Å². The fourth-order valence-electron chi connectivity index (χ4n) is 4.19. The van der Waals surface area contributed by atoms with Gasteiger partial charge in [-0.2, -0.15) is 0 Å². The summed E-state index contributed by atoms with van der Waals surface area (Å²) in [5.74, 6) is -3.16. The number of carbonyl (C=O) groups excluding carboxylic acids is 2. The molecule has 4 rings (SSSR count). The van der Waals surface area contributed by atoms with Crippen LogP contribution in [0.25, 0.3) is 0 Å². The lowest BCUT2D eigenvalue weighted by molar-refractivity contribution is -0.136. The lowest BCUT2D eigenvalue weighted by Gasteiger charge is -2.36. The summed E-state index contributed by atoms with van der Waals surface area (Å²) in [6, 6.07) is 7.00. The van der Waals surface area contributed by atoms with Gasteiger partial charge < -0.3 is 10.1 Å². The number of esters is 1. The van der Waals surface area contributed by atoms with E-state index in [1.807, 2.05) is 17.5 Å². The van der Waals surface area contributed by atoms with Gasteiger partial charge in [0.25, 0.3) is 0 Å². The first-order chi connectivity index (χ1) is 13.9. The van der Waals surface area contributed by atoms with Gasteiger partial charge in [-0.1, -0.05) is 6.07 Å². The molecule has 0 spiro atoms. The van der Waals surface area contributed by atoms with Crippen LogP contribution in [0.1, 0.15) is 42.0 Å². The number of halogens is 2. The number of nitrogens with one attached hydrogen (secondary N) is 1. The van der Waals surface area contributed by atoms with E-state index in [2.05, 4.69) is 5.32 Å². The van der Waals surface area contributed by atoms with Crippen LogP contribution in [-0.2, 0) is 14.3 Å². The SMILES string of the molecule is COC(=O)C1=C(C)NC2=C(C(=O)C[C@@H](c3cccs3)C2)[C@H]1c1cc(F)ccc1F. The minimum absolute atomic E-state index is 0.0132. The molecule has 2 aromatic rings. The molecule has 1 aliphatic carbocycles. The molecule has 150 valence electrons. The van der Waals surface area contributed by atoms with Crippen molar-refractivity contribution in [3.63, 3.8) is 0 Å². The number of ether oxygens (including phenoxy) is 1. The predicted molar refractivity (Wildman–Crippen MR) is 105 cm³/mol. The summed E-state index contributed by atoms with van der Waals surface area (Å²) in [5.41, 5.74) is 1.52. The lowest BCUT2D eigenvalue weighted by atomic mass is 9.72. The minimum Gasteiger partial charge on any atom is -0.466 e. The van der Waals surface area contributed by atoms with Crippen LogP contribution < -0.4 is 5.32 Å². The topological polar surface area (TPSA) is 55.4 Å². The molecule has 1 N–H and O–H groups in total. The zero-order valence-corrected chi connectivity index (χ0v) is 16.7. The van der Waals surface area contributed by atoms with Gasteiger partial charge in [0.2, 0.25) is 0 Å². The van der Waals surface area contributed by atoms with Crippen LogP contribution in [0.5, 0.6) is 0 Å². The van der Waals surface area contributed by atoms with Crippen molar-refractivity contribution in [2.45, 2.75) is 31.6 Å². The fourth-order valence-corrected chi connectivity index (χ4v) is 5.02. The van der Waals surface area contributed by atoms with E-state index in [0.717, 1.165) is 23.1 Å². The average molecular weight is 415 g/mol. The number of methoxy groups -OCH3 is 1. The monoisotopic (exact) mass is 415 g/mol. The van der Waals surface area contributed by atoms with Crippen LogP contribution in [0.3, 0.4) is 0 Å². The highest BCUT2D eigenvalue weighted by molar-refractivity contribution is 7.10. The van der Waals surface area contributed by atoms with Gasteiger partial charge in [-0.05, 0) is 43.0 Å². The third-order valence-electron chi connectivity index (χ3n) is 5.45. The predicted octanol–water partition coefficient (Wildman–Crippen LogP) is 4.56. The highest BCUT2D eigenvalue weighted by Crippen LogP contribution is 2.46. The number of carbonyl (C=O) groups is 2. The second kappa shape index (κ2) is 7.55. The zero-order valence-electron chi connectivity index (χ0n) is 15.9. The number of dihydropyridines is 1. The van der Waals surface area contributed by atoms with Gasteiger partial charge in [0.1, 0.15) is 11.6 Å². The molecule has 4 nitrogen and oxygen atoms in total. The maximum atomic E-state index is 14.7. The molecular formula is C22H19F2NO3S. The second-order valence-electron chi connectivity index (χ2n) is 7.19. The lowest BCUT2D eigenvalue weighted by Crippen LogP contribution is -2.36. The van der Waals surface area contributed by atoms with Crippen LogP contribution in [0, 0.1) is 11.6 Å². The highest BCUT2D eigenvalue weighted by atomic mass is 32.1. The number of hydrogen-bond donors (Lipinski definition) is 1. The molecule has 0 amide bonds. The van der Waals surface area contributed by atoms with Crippen molar-refractivity contribution in [2.24, 2.45) is 0 Å². The summed E-state index contributed by atoms with van der Waals surface area (Å²) in [6.45, 7) is 1.68. The molecule has 0 radical (unpaired) electrons. The Hall–Kier alpha value is -2.80. The third kappa shape index (κ3) is 3.40. The second-order valence-corrected chi connectivity index (χ2v) is 8.17. The Morgan fingerprint density at radius 1 is 1.24 bits per heavy atom. The molecule has 1 aromatic carbocycles. The fraction of sp³-hybridized carbons (Fsp3) is 0.273. The van der Waals surface area contributed by atoms with E-state index in [1.54, 1.807) is 18.3 Å². The van der Waals surface area contributed by atoms with Crippen LogP contribution in [0.4, 0.5) is 8.78 Å². The smallest absolute Gasteiger partial charge is 0.336 e. The van der Waals surface area contributed by atoms with E-state index in [4.69, 9.17) is 4.74 Å². The van der Waals surface area contributed by atoms with Crippen molar-refractivity contribution in [3.05, 3.63) is 80.3 Å². The molecule has 1 aliphatic heterocycles. The van der Waals surface area contributed by atoms with Crippen molar-refractivity contribution in [2.75, 3.05) is 7.11 Å². The number of thiophene rings is 1. The van der Waals surface area contributed by atoms with E-state index in [9.17, 15) is 18.4 Å². The number of rotatable bonds is 3. The summed E-state index contributed by atoms with van der Waals surface area (Å²) in [4.78, 5) is 26.8. The zero-order chi connectivity index (χ0) is 20.7. The molecule has 0 saturated carbocycles. The molecule has 29 heavy (non-hydrogen) atoms. The first kappa shape index (κ1) is 19.5. The van der Waals surface area contributed by atoms with E-state index >= 15 is 0 Å². The molecule has 0 unspecified atom stereocenters. The van der Waals surface area contributed by atoms with Crippen LogP contribution in [0.15, 0.2) is 58.3 Å². The Bertz CT molecular complexity index is 1060. The molecule has 7 heteroatoms. The van der Waals surface area contributed by atoms with Gasteiger partial charge >= 0.3 is 5.97 Å². The van der Waals surface area contributed by atoms with Gasteiger partial charge in [0.15, 0.2) is 5.78 Å². The Kier molecular flexibility index (Phi) is 5.08. The molecule has 2 aliphatic rings. The number of benzene rings is 1. The van der Waals surface area contributed by atoms with Crippen LogP contribution in [0.2, 0.25) is 0 Å². The number of ketones is 1. The van der Waals surface area contributed by atoms with Crippen LogP contribution in [-0.4, -0.2) is 18.9 Å². The summed E-state index contributed by atoms with van der Waals surface area (Å²) < 4.78 is 33.6. The molecule has 2 heterocycles. The standard InChI is InChI=1S/C22H19F2NO3S/c1-11-19(22(27)28-2)20(14-10-13(23)5-6-15(14)24)21-16(25-11)8-12(9-17(21)26)18-4-3-7-29-18/h3-7,10,12,20,25H,8-9H2,1-2H3/t12-,20-/m0/s1. The Morgan fingerprint density at radius 2 is 2.03 bits per heavy atom. The highest BCUT2D eigenvalue weighted by Gasteiger charge is 2.42. The van der Waals surface area contributed by atoms with Gasteiger partial charge in [-0.3, -0.25) is 4.79 Å². The molecule has 0 bridgehead atoms. The quantitative estimate of drug-likeness (QED) is 0.747. The minimum atomic E-state index is -1.01. The molecule has 2 atom stereocenters. The maximum Gasteiger partial charge on any atom is 0.336 e. The summed E-state index contributed by atoms with van der Waals surface area (Å²) in [7, 11) is 1.22. The first-order valence-electron chi connectivity index (χ1n) is 9.21. The van der Waals surface area contributed by atoms with E-state index in [-0.39, 0.29) is 29.3 Å². The van der Waals surface area contributed by atoms with Gasteiger partial charge in [0.05, 0.1) is 18.6 Å². The summed E-state index contributed by atoms with van der Waals surface area (Å²) in [5, 5.41) is 5.13. The van der Waals surface area contributed by atoms with E-state index in [1.165, 1.54) is 7.11 Å². The summed E-state index contributed by atoms with van der Waals surface area (Å²) >= 11 is 1.58. The Labute approximate surface area is 170 Å². The molecular weight excluding hydrogens is 396 g/mol. The molecule has 1 aromatic heterocycles. The normalized spacial score (nSPS) is 21.7. The van der Waals surface area contributed by atoms with Crippen molar-refractivity contribution in [1.29, 1.82) is 0 Å². The van der Waals surface area contributed by atoms with Crippen molar-refractivity contribution in [3.8, 4) is 0 Å². The van der Waals surface area contributed by atoms with Gasteiger partial charge in [-0.15, -0.1) is 11.3 Å². The van der Waals surface area contributed by atoms with E-state index < -0.39 is 23.5 Å². The largest absolute Gasteiger partial charge is 0.466 e. The first-order valence-corrected chi connectivity index (χ1v) is 10.1. The average Bonchev–Trinajstić information content (AvgIpc) is 3.23.